The molecule has 1 aliphatic heterocycles. The predicted octanol–water partition coefficient (Wildman–Crippen LogP) is 2.32. The number of hydrogen-bond donors (Lipinski definition) is 1. The van der Waals surface area contributed by atoms with E-state index in [9.17, 15) is 9.59 Å². The lowest BCUT2D eigenvalue weighted by atomic mass is 9.97. The van der Waals surface area contributed by atoms with Crippen molar-refractivity contribution in [3.63, 3.8) is 0 Å². The van der Waals surface area contributed by atoms with Crippen LogP contribution in [0.4, 0.5) is 0 Å². The molecule has 1 aromatic carbocycles. The Bertz CT molecular complexity index is 597. The molecule has 130 valence electrons. The van der Waals surface area contributed by atoms with Crippen LogP contribution in [-0.4, -0.2) is 53.8 Å². The van der Waals surface area contributed by atoms with Gasteiger partial charge in [0.05, 0.1) is 24.8 Å². The molecule has 3 rings (SSSR count). The van der Waals surface area contributed by atoms with Crippen molar-refractivity contribution >= 4 is 11.9 Å². The number of amides is 1. The van der Waals surface area contributed by atoms with E-state index in [1.54, 1.807) is 12.1 Å². The number of hydrogen-bond acceptors (Lipinski definition) is 4. The second-order valence-corrected chi connectivity index (χ2v) is 6.32. The van der Waals surface area contributed by atoms with Crippen LogP contribution in [0.25, 0.3) is 0 Å². The van der Waals surface area contributed by atoms with E-state index >= 15 is 0 Å². The average molecular weight is 333 g/mol. The van der Waals surface area contributed by atoms with E-state index in [0.717, 1.165) is 25.7 Å². The summed E-state index contributed by atoms with van der Waals surface area (Å²) in [6.45, 7) is 0.681. The van der Waals surface area contributed by atoms with Crippen molar-refractivity contribution in [1.29, 1.82) is 0 Å². The van der Waals surface area contributed by atoms with Crippen LogP contribution in [0.3, 0.4) is 0 Å². The van der Waals surface area contributed by atoms with E-state index in [-0.39, 0.29) is 25.2 Å². The summed E-state index contributed by atoms with van der Waals surface area (Å²) in [4.78, 5) is 25.5. The summed E-state index contributed by atoms with van der Waals surface area (Å²) in [6.07, 6.45) is 4.78. The van der Waals surface area contributed by atoms with Crippen LogP contribution in [0.15, 0.2) is 24.3 Å². The lowest BCUT2D eigenvalue weighted by Gasteiger charge is -2.31. The van der Waals surface area contributed by atoms with Crippen LogP contribution >= 0.6 is 0 Å². The second-order valence-electron chi connectivity index (χ2n) is 6.32. The molecule has 0 spiro atoms. The minimum absolute atomic E-state index is 0.0614. The van der Waals surface area contributed by atoms with Gasteiger partial charge >= 0.3 is 5.97 Å². The van der Waals surface area contributed by atoms with Crippen molar-refractivity contribution < 1.29 is 24.2 Å². The number of para-hydroxylation sites is 1. The highest BCUT2D eigenvalue weighted by Crippen LogP contribution is 2.27. The number of ether oxygens (including phenoxy) is 2. The standard InChI is InChI=1S/C18H23NO5/c20-17(19-10-11-23-16(12-19)18(21)22)14-8-4-5-9-15(14)24-13-6-2-1-3-7-13/h4-5,8-9,13,16H,1-3,6-7,10-12H2,(H,21,22)/t16-/m1/s1. The van der Waals surface area contributed by atoms with E-state index in [1.807, 2.05) is 12.1 Å². The number of rotatable bonds is 4. The molecule has 1 saturated heterocycles. The number of carbonyl (C=O) groups excluding carboxylic acids is 1. The molecule has 6 nitrogen and oxygen atoms in total. The highest BCUT2D eigenvalue weighted by molar-refractivity contribution is 5.97. The second kappa shape index (κ2) is 7.66. The summed E-state index contributed by atoms with van der Waals surface area (Å²) in [7, 11) is 0. The van der Waals surface area contributed by atoms with Gasteiger partial charge in [-0.2, -0.15) is 0 Å². The third-order valence-electron chi connectivity index (χ3n) is 4.59. The molecule has 0 aromatic heterocycles. The van der Waals surface area contributed by atoms with Crippen molar-refractivity contribution in [2.24, 2.45) is 0 Å². The molecular weight excluding hydrogens is 310 g/mol. The van der Waals surface area contributed by atoms with Crippen LogP contribution in [0.5, 0.6) is 5.75 Å². The van der Waals surface area contributed by atoms with Gasteiger partial charge in [0.2, 0.25) is 0 Å². The monoisotopic (exact) mass is 333 g/mol. The Morgan fingerprint density at radius 3 is 2.67 bits per heavy atom. The fourth-order valence-corrected chi connectivity index (χ4v) is 3.26. The van der Waals surface area contributed by atoms with E-state index in [1.165, 1.54) is 11.3 Å². The van der Waals surface area contributed by atoms with Crippen molar-refractivity contribution in [3.8, 4) is 5.75 Å². The van der Waals surface area contributed by atoms with Crippen molar-refractivity contribution in [2.45, 2.75) is 44.3 Å². The maximum absolute atomic E-state index is 12.8. The number of aliphatic carboxylic acids is 1. The smallest absolute Gasteiger partial charge is 0.334 e. The molecule has 0 radical (unpaired) electrons. The van der Waals surface area contributed by atoms with E-state index in [4.69, 9.17) is 14.6 Å². The van der Waals surface area contributed by atoms with Gasteiger partial charge in [-0.3, -0.25) is 4.79 Å². The van der Waals surface area contributed by atoms with E-state index in [2.05, 4.69) is 0 Å². The zero-order valence-electron chi connectivity index (χ0n) is 13.6. The van der Waals surface area contributed by atoms with Crippen molar-refractivity contribution in [3.05, 3.63) is 29.8 Å². The highest BCUT2D eigenvalue weighted by Gasteiger charge is 2.30. The average Bonchev–Trinajstić information content (AvgIpc) is 2.62. The van der Waals surface area contributed by atoms with Crippen LogP contribution < -0.4 is 4.74 Å². The summed E-state index contributed by atoms with van der Waals surface area (Å²) in [6, 6.07) is 7.22. The van der Waals surface area contributed by atoms with Gasteiger partial charge in [0, 0.05) is 6.54 Å². The molecule has 1 N–H and O–H groups in total. The maximum Gasteiger partial charge on any atom is 0.334 e. The van der Waals surface area contributed by atoms with Crippen LogP contribution in [-0.2, 0) is 9.53 Å². The highest BCUT2D eigenvalue weighted by atomic mass is 16.5. The molecule has 1 heterocycles. The minimum atomic E-state index is -1.04. The quantitative estimate of drug-likeness (QED) is 0.915. The Morgan fingerprint density at radius 2 is 1.92 bits per heavy atom. The molecular formula is C18H23NO5. The first kappa shape index (κ1) is 16.8. The normalized spacial score (nSPS) is 22.2. The van der Waals surface area contributed by atoms with Crippen LogP contribution in [0, 0.1) is 0 Å². The number of nitrogens with zero attached hydrogens (tertiary/aromatic N) is 1. The minimum Gasteiger partial charge on any atom is -0.490 e. The zero-order valence-corrected chi connectivity index (χ0v) is 13.6. The Kier molecular flexibility index (Phi) is 5.35. The number of morpholine rings is 1. The summed E-state index contributed by atoms with van der Waals surface area (Å²) >= 11 is 0. The molecule has 1 aromatic rings. The Balaban J connectivity index is 1.73. The molecule has 1 aliphatic carbocycles. The Morgan fingerprint density at radius 1 is 1.17 bits per heavy atom. The lowest BCUT2D eigenvalue weighted by Crippen LogP contribution is -2.48. The number of carbonyl (C=O) groups is 2. The van der Waals surface area contributed by atoms with Gasteiger partial charge in [0.1, 0.15) is 5.75 Å². The SMILES string of the molecule is O=C(O)[C@H]1CN(C(=O)c2ccccc2OC2CCCCC2)CCO1. The fourth-order valence-electron chi connectivity index (χ4n) is 3.26. The molecule has 1 amide bonds. The molecule has 0 unspecified atom stereocenters. The molecule has 1 atom stereocenters. The Hall–Kier alpha value is -2.08. The predicted molar refractivity (Wildman–Crippen MR) is 87.2 cm³/mol. The lowest BCUT2D eigenvalue weighted by molar-refractivity contribution is -0.154. The first-order valence-electron chi connectivity index (χ1n) is 8.54. The summed E-state index contributed by atoms with van der Waals surface area (Å²) in [5.41, 5.74) is 0.495. The van der Waals surface area contributed by atoms with Crippen LogP contribution in [0.1, 0.15) is 42.5 Å². The number of carboxylic acid groups (broad SMARTS) is 1. The van der Waals surface area contributed by atoms with Gasteiger partial charge in [0.25, 0.3) is 5.91 Å². The molecule has 24 heavy (non-hydrogen) atoms. The van der Waals surface area contributed by atoms with Gasteiger partial charge in [-0.15, -0.1) is 0 Å². The molecule has 0 bridgehead atoms. The van der Waals surface area contributed by atoms with E-state index in [0.29, 0.717) is 17.9 Å². The van der Waals surface area contributed by atoms with Crippen molar-refractivity contribution in [1.82, 2.24) is 4.90 Å². The van der Waals surface area contributed by atoms with Gasteiger partial charge in [0.15, 0.2) is 6.10 Å². The van der Waals surface area contributed by atoms with Crippen LogP contribution in [0.2, 0.25) is 0 Å². The van der Waals surface area contributed by atoms with Gasteiger partial charge in [-0.05, 0) is 37.8 Å². The van der Waals surface area contributed by atoms with Gasteiger partial charge in [-0.25, -0.2) is 4.79 Å². The summed E-state index contributed by atoms with van der Waals surface area (Å²) in [5, 5.41) is 9.09. The number of carboxylic acids is 1. The number of benzene rings is 1. The largest absolute Gasteiger partial charge is 0.490 e. The third-order valence-corrected chi connectivity index (χ3v) is 4.59. The molecule has 2 aliphatic rings. The molecule has 6 heteroatoms. The Labute approximate surface area is 141 Å². The first-order valence-corrected chi connectivity index (χ1v) is 8.54. The van der Waals surface area contributed by atoms with Gasteiger partial charge < -0.3 is 19.5 Å². The topological polar surface area (TPSA) is 76.1 Å². The van der Waals surface area contributed by atoms with Gasteiger partial charge in [-0.1, -0.05) is 18.6 Å². The fraction of sp³-hybridized carbons (Fsp3) is 0.556. The zero-order chi connectivity index (χ0) is 16.9. The first-order chi connectivity index (χ1) is 11.6. The molecule has 1 saturated carbocycles. The van der Waals surface area contributed by atoms with Crippen molar-refractivity contribution in [2.75, 3.05) is 19.7 Å². The maximum atomic E-state index is 12.8. The summed E-state index contributed by atoms with van der Waals surface area (Å²) in [5.74, 6) is -0.650. The third kappa shape index (κ3) is 3.87. The van der Waals surface area contributed by atoms with E-state index < -0.39 is 12.1 Å². The molecule has 2 fully saturated rings. The summed E-state index contributed by atoms with van der Waals surface area (Å²) < 4.78 is 11.3.